The van der Waals surface area contributed by atoms with E-state index >= 15 is 0 Å². The third-order valence-electron chi connectivity index (χ3n) is 8.20. The van der Waals surface area contributed by atoms with Crippen molar-refractivity contribution in [1.82, 2.24) is 14.8 Å². The molecule has 0 unspecified atom stereocenters. The number of H-pyrrole nitrogens is 1. The maximum atomic E-state index is 13.8. The number of nitrogens with one attached hydrogen (secondary N) is 2. The number of amides is 2. The molecular formula is C30H33N5O6S. The van der Waals surface area contributed by atoms with Gasteiger partial charge in [-0.1, -0.05) is 0 Å². The van der Waals surface area contributed by atoms with E-state index in [1.54, 1.807) is 42.5 Å². The molecule has 1 fully saturated rings. The molecule has 6 rings (SSSR count). The van der Waals surface area contributed by atoms with Gasteiger partial charge in [-0.15, -0.1) is 0 Å². The molecular weight excluding hydrogens is 558 g/mol. The first-order chi connectivity index (χ1) is 20.2. The number of aromatic nitrogens is 1. The Labute approximate surface area is 244 Å². The second-order valence-electron chi connectivity index (χ2n) is 10.7. The first-order valence-electron chi connectivity index (χ1n) is 13.9. The predicted molar refractivity (Wildman–Crippen MR) is 159 cm³/mol. The summed E-state index contributed by atoms with van der Waals surface area (Å²) in [6.45, 7) is 2.91. The average Bonchev–Trinajstić information content (AvgIpc) is 3.68. The number of aliphatic hydroxyl groups is 1. The number of hydrogen-bond donors (Lipinski definition) is 3. The van der Waals surface area contributed by atoms with E-state index in [0.29, 0.717) is 65.6 Å². The first kappa shape index (κ1) is 28.0. The normalized spacial score (nSPS) is 17.9. The summed E-state index contributed by atoms with van der Waals surface area (Å²) in [5.74, 6) is 0.165. The molecule has 0 bridgehead atoms. The molecule has 4 heterocycles. The molecule has 1 saturated heterocycles. The van der Waals surface area contributed by atoms with Gasteiger partial charge in [-0.05, 0) is 73.5 Å². The molecule has 3 aliphatic heterocycles. The zero-order chi connectivity index (χ0) is 29.6. The van der Waals surface area contributed by atoms with E-state index in [-0.39, 0.29) is 35.3 Å². The maximum absolute atomic E-state index is 13.8. The van der Waals surface area contributed by atoms with Crippen LogP contribution in [0.2, 0.25) is 0 Å². The molecule has 220 valence electrons. The number of hydrogen-bond acceptors (Lipinski definition) is 7. The minimum absolute atomic E-state index is 0.0697. The van der Waals surface area contributed by atoms with Gasteiger partial charge in [0, 0.05) is 62.5 Å². The zero-order valence-corrected chi connectivity index (χ0v) is 24.3. The van der Waals surface area contributed by atoms with E-state index in [0.717, 1.165) is 18.7 Å². The highest BCUT2D eigenvalue weighted by Crippen LogP contribution is 2.39. The SMILES string of the molecule is COc1ccc2c(c1)CCN2S(=O)(=O)c1ccc2c(c1)/C(=C/c1[nH]cc(C(=O)N3CCN(C)CC3)c1CCO)C(=O)N2. The molecule has 0 radical (unpaired) electrons. The summed E-state index contributed by atoms with van der Waals surface area (Å²) in [6.07, 6.45) is 4.03. The van der Waals surface area contributed by atoms with Crippen LogP contribution in [-0.4, -0.2) is 93.6 Å². The molecule has 1 aromatic heterocycles. The fraction of sp³-hybridized carbons (Fsp3) is 0.333. The Hall–Kier alpha value is -4.13. The Morgan fingerprint density at radius 2 is 1.88 bits per heavy atom. The Morgan fingerprint density at radius 1 is 1.10 bits per heavy atom. The summed E-state index contributed by atoms with van der Waals surface area (Å²) < 4.78 is 34.2. The number of ether oxygens (including phenoxy) is 1. The summed E-state index contributed by atoms with van der Waals surface area (Å²) >= 11 is 0. The lowest BCUT2D eigenvalue weighted by atomic mass is 10.0. The van der Waals surface area contributed by atoms with Crippen LogP contribution in [0.1, 0.15) is 32.7 Å². The molecule has 3 aliphatic rings. The fourth-order valence-electron chi connectivity index (χ4n) is 5.82. The molecule has 12 heteroatoms. The van der Waals surface area contributed by atoms with Gasteiger partial charge in [0.2, 0.25) is 0 Å². The number of benzene rings is 2. The molecule has 0 atom stereocenters. The van der Waals surface area contributed by atoms with Crippen molar-refractivity contribution in [3.63, 3.8) is 0 Å². The number of sulfonamides is 1. The topological polar surface area (TPSA) is 135 Å². The number of methoxy groups -OCH3 is 1. The average molecular weight is 592 g/mol. The van der Waals surface area contributed by atoms with Crippen LogP contribution >= 0.6 is 0 Å². The first-order valence-corrected chi connectivity index (χ1v) is 15.3. The molecule has 3 N–H and O–H groups in total. The summed E-state index contributed by atoms with van der Waals surface area (Å²) in [7, 11) is -0.328. The number of nitrogens with zero attached hydrogens (tertiary/aromatic N) is 3. The van der Waals surface area contributed by atoms with E-state index in [9.17, 15) is 23.1 Å². The van der Waals surface area contributed by atoms with E-state index in [1.807, 2.05) is 13.1 Å². The van der Waals surface area contributed by atoms with Crippen molar-refractivity contribution in [3.05, 3.63) is 70.5 Å². The van der Waals surface area contributed by atoms with E-state index in [2.05, 4.69) is 15.2 Å². The van der Waals surface area contributed by atoms with Crippen molar-refractivity contribution in [2.45, 2.75) is 17.7 Å². The smallest absolute Gasteiger partial charge is 0.264 e. The van der Waals surface area contributed by atoms with Gasteiger partial charge in [-0.25, -0.2) is 8.42 Å². The standard InChI is InChI=1S/C30H33N5O6S/c1-33-10-12-34(13-11-33)30(38)25-18-31-27(22(25)8-14-36)17-24-23-16-21(4-5-26(23)32-29(24)37)42(39,40)35-9-7-19-15-20(41-2)3-6-28(19)35/h3-6,15-18,31,36H,7-14H2,1-2H3,(H,32,37)/b24-17-. The number of carbonyl (C=O) groups excluding carboxylic acids is 2. The second-order valence-corrected chi connectivity index (χ2v) is 12.6. The van der Waals surface area contributed by atoms with Gasteiger partial charge in [0.25, 0.3) is 21.8 Å². The van der Waals surface area contributed by atoms with Gasteiger partial charge < -0.3 is 29.9 Å². The maximum Gasteiger partial charge on any atom is 0.264 e. The molecule has 2 aromatic carbocycles. The number of rotatable bonds is 7. The molecule has 3 aromatic rings. The molecule has 42 heavy (non-hydrogen) atoms. The minimum atomic E-state index is -3.92. The van der Waals surface area contributed by atoms with Crippen LogP contribution in [0.3, 0.4) is 0 Å². The Kier molecular flexibility index (Phi) is 7.29. The van der Waals surface area contributed by atoms with E-state index in [4.69, 9.17) is 4.74 Å². The van der Waals surface area contributed by atoms with Crippen molar-refractivity contribution in [2.75, 3.05) is 63.1 Å². The Balaban J connectivity index is 1.34. The Bertz CT molecular complexity index is 1700. The van der Waals surface area contributed by atoms with E-state index in [1.165, 1.54) is 16.4 Å². The summed E-state index contributed by atoms with van der Waals surface area (Å²) in [5, 5.41) is 12.6. The zero-order valence-electron chi connectivity index (χ0n) is 23.5. The number of likely N-dealkylation sites (N-methyl/N-ethyl adjacent to an activating group) is 1. The van der Waals surface area contributed by atoms with Crippen LogP contribution in [0, 0.1) is 0 Å². The number of aromatic amines is 1. The third-order valence-corrected chi connectivity index (χ3v) is 10.0. The van der Waals surface area contributed by atoms with Gasteiger partial charge >= 0.3 is 0 Å². The third kappa shape index (κ3) is 4.85. The highest BCUT2D eigenvalue weighted by Gasteiger charge is 2.34. The van der Waals surface area contributed by atoms with Crippen LogP contribution < -0.4 is 14.4 Å². The number of aliphatic hydroxyl groups excluding tert-OH is 1. The fourth-order valence-corrected chi connectivity index (χ4v) is 7.35. The highest BCUT2D eigenvalue weighted by molar-refractivity contribution is 7.92. The van der Waals surface area contributed by atoms with Crippen molar-refractivity contribution < 1.29 is 27.9 Å². The number of fused-ring (bicyclic) bond motifs is 2. The number of piperazine rings is 1. The number of anilines is 2. The molecule has 0 spiro atoms. The Morgan fingerprint density at radius 3 is 2.62 bits per heavy atom. The van der Waals surface area contributed by atoms with Crippen LogP contribution in [0.4, 0.5) is 11.4 Å². The molecule has 11 nitrogen and oxygen atoms in total. The molecule has 2 amide bonds. The van der Waals surface area contributed by atoms with Crippen molar-refractivity contribution in [1.29, 1.82) is 0 Å². The van der Waals surface area contributed by atoms with Crippen LogP contribution in [0.25, 0.3) is 11.6 Å². The van der Waals surface area contributed by atoms with Crippen molar-refractivity contribution in [2.24, 2.45) is 0 Å². The second kappa shape index (κ2) is 10.9. The van der Waals surface area contributed by atoms with Gasteiger partial charge in [0.1, 0.15) is 5.75 Å². The highest BCUT2D eigenvalue weighted by atomic mass is 32.2. The van der Waals surface area contributed by atoms with Crippen LogP contribution in [-0.2, 0) is 27.7 Å². The summed E-state index contributed by atoms with van der Waals surface area (Å²) in [6, 6.07) is 9.94. The minimum Gasteiger partial charge on any atom is -0.497 e. The van der Waals surface area contributed by atoms with E-state index < -0.39 is 10.0 Å². The lowest BCUT2D eigenvalue weighted by molar-refractivity contribution is -0.110. The number of carbonyl (C=O) groups is 2. The van der Waals surface area contributed by atoms with Crippen molar-refractivity contribution in [3.8, 4) is 5.75 Å². The molecule has 0 aliphatic carbocycles. The van der Waals surface area contributed by atoms with Gasteiger partial charge in [0.05, 0.1) is 28.8 Å². The summed E-state index contributed by atoms with van der Waals surface area (Å²) in [5.41, 5.74) is 4.32. The lowest BCUT2D eigenvalue weighted by Crippen LogP contribution is -2.47. The molecule has 0 saturated carbocycles. The monoisotopic (exact) mass is 591 g/mol. The quantitative estimate of drug-likeness (QED) is 0.359. The van der Waals surface area contributed by atoms with Crippen LogP contribution in [0.15, 0.2) is 47.5 Å². The lowest BCUT2D eigenvalue weighted by Gasteiger charge is -2.32. The van der Waals surface area contributed by atoms with Gasteiger partial charge in [-0.3, -0.25) is 13.9 Å². The van der Waals surface area contributed by atoms with Gasteiger partial charge in [0.15, 0.2) is 0 Å². The largest absolute Gasteiger partial charge is 0.497 e. The van der Waals surface area contributed by atoms with Gasteiger partial charge in [-0.2, -0.15) is 0 Å². The van der Waals surface area contributed by atoms with Crippen LogP contribution in [0.5, 0.6) is 5.75 Å². The predicted octanol–water partition coefficient (Wildman–Crippen LogP) is 2.19. The van der Waals surface area contributed by atoms with Crippen molar-refractivity contribution >= 4 is 44.9 Å². The summed E-state index contributed by atoms with van der Waals surface area (Å²) in [4.78, 5) is 33.6.